The standard InChI is InChI=1S/C14H12N2S/c15-8-12-7-11(9-17-12)13-5-1-3-10-4-2-6-16-14(10)13/h1-7,9H,8,15H2. The summed E-state index contributed by atoms with van der Waals surface area (Å²) in [7, 11) is 0. The molecular weight excluding hydrogens is 228 g/mol. The highest BCUT2D eigenvalue weighted by atomic mass is 32.1. The number of hydrogen-bond acceptors (Lipinski definition) is 3. The van der Waals surface area contributed by atoms with E-state index >= 15 is 0 Å². The lowest BCUT2D eigenvalue weighted by Gasteiger charge is -2.02. The molecule has 17 heavy (non-hydrogen) atoms. The summed E-state index contributed by atoms with van der Waals surface area (Å²) in [5.74, 6) is 0. The van der Waals surface area contributed by atoms with Gasteiger partial charge in [-0.2, -0.15) is 0 Å². The minimum atomic E-state index is 0.600. The van der Waals surface area contributed by atoms with Gasteiger partial charge in [0, 0.05) is 28.6 Å². The second kappa shape index (κ2) is 4.28. The predicted octanol–water partition coefficient (Wildman–Crippen LogP) is 3.42. The molecule has 2 aromatic heterocycles. The maximum absolute atomic E-state index is 5.65. The van der Waals surface area contributed by atoms with Crippen molar-refractivity contribution in [2.45, 2.75) is 6.54 Å². The zero-order chi connectivity index (χ0) is 11.7. The Labute approximate surface area is 104 Å². The van der Waals surface area contributed by atoms with Gasteiger partial charge in [-0.25, -0.2) is 0 Å². The van der Waals surface area contributed by atoms with E-state index in [0.29, 0.717) is 6.54 Å². The summed E-state index contributed by atoms with van der Waals surface area (Å²) in [6.07, 6.45) is 1.84. The van der Waals surface area contributed by atoms with Gasteiger partial charge in [0.05, 0.1) is 5.52 Å². The van der Waals surface area contributed by atoms with E-state index in [4.69, 9.17) is 5.73 Å². The lowest BCUT2D eigenvalue weighted by Crippen LogP contribution is -1.91. The molecule has 0 bridgehead atoms. The van der Waals surface area contributed by atoms with Crippen molar-refractivity contribution in [2.24, 2.45) is 5.73 Å². The Morgan fingerprint density at radius 1 is 1.18 bits per heavy atom. The van der Waals surface area contributed by atoms with E-state index in [-0.39, 0.29) is 0 Å². The predicted molar refractivity (Wildman–Crippen MR) is 72.9 cm³/mol. The number of rotatable bonds is 2. The van der Waals surface area contributed by atoms with Crippen LogP contribution in [-0.4, -0.2) is 4.98 Å². The molecule has 1 aromatic carbocycles. The smallest absolute Gasteiger partial charge is 0.0780 e. The third-order valence-electron chi connectivity index (χ3n) is 2.80. The fraction of sp³-hybridized carbons (Fsp3) is 0.0714. The van der Waals surface area contributed by atoms with E-state index < -0.39 is 0 Å². The van der Waals surface area contributed by atoms with Crippen LogP contribution in [0.5, 0.6) is 0 Å². The van der Waals surface area contributed by atoms with Crippen LogP contribution in [0, 0.1) is 0 Å². The number of para-hydroxylation sites is 1. The van der Waals surface area contributed by atoms with Crippen LogP contribution < -0.4 is 5.73 Å². The number of hydrogen-bond donors (Lipinski definition) is 1. The molecule has 0 aliphatic rings. The van der Waals surface area contributed by atoms with Crippen LogP contribution >= 0.6 is 11.3 Å². The zero-order valence-electron chi connectivity index (χ0n) is 9.26. The van der Waals surface area contributed by atoms with Crippen molar-refractivity contribution in [3.63, 3.8) is 0 Å². The van der Waals surface area contributed by atoms with Crippen LogP contribution in [0.3, 0.4) is 0 Å². The molecule has 3 heteroatoms. The molecule has 0 aliphatic heterocycles. The summed E-state index contributed by atoms with van der Waals surface area (Å²) < 4.78 is 0. The largest absolute Gasteiger partial charge is 0.326 e. The molecule has 0 amide bonds. The normalized spacial score (nSPS) is 10.9. The van der Waals surface area contributed by atoms with Crippen LogP contribution in [-0.2, 0) is 6.54 Å². The van der Waals surface area contributed by atoms with Gasteiger partial charge >= 0.3 is 0 Å². The fourth-order valence-corrected chi connectivity index (χ4v) is 2.73. The van der Waals surface area contributed by atoms with E-state index in [1.165, 1.54) is 21.4 Å². The minimum Gasteiger partial charge on any atom is -0.326 e. The van der Waals surface area contributed by atoms with Crippen molar-refractivity contribution in [1.29, 1.82) is 0 Å². The van der Waals surface area contributed by atoms with Gasteiger partial charge in [-0.05, 0) is 23.1 Å². The Morgan fingerprint density at radius 3 is 2.88 bits per heavy atom. The second-order valence-corrected chi connectivity index (χ2v) is 4.88. The van der Waals surface area contributed by atoms with Crippen molar-refractivity contribution >= 4 is 22.2 Å². The lowest BCUT2D eigenvalue weighted by molar-refractivity contribution is 1.11. The number of nitrogens with two attached hydrogens (primary N) is 1. The first-order valence-electron chi connectivity index (χ1n) is 5.50. The highest BCUT2D eigenvalue weighted by Crippen LogP contribution is 2.30. The molecule has 0 unspecified atom stereocenters. The zero-order valence-corrected chi connectivity index (χ0v) is 10.1. The van der Waals surface area contributed by atoms with E-state index in [0.717, 1.165) is 5.52 Å². The molecule has 0 spiro atoms. The molecule has 3 rings (SSSR count). The first-order chi connectivity index (χ1) is 8.38. The van der Waals surface area contributed by atoms with E-state index in [1.54, 1.807) is 11.3 Å². The summed E-state index contributed by atoms with van der Waals surface area (Å²) in [5, 5.41) is 3.32. The number of pyridine rings is 1. The number of nitrogens with zero attached hydrogens (tertiary/aromatic N) is 1. The van der Waals surface area contributed by atoms with Gasteiger partial charge in [0.1, 0.15) is 0 Å². The molecule has 0 radical (unpaired) electrons. The maximum atomic E-state index is 5.65. The Morgan fingerprint density at radius 2 is 2.06 bits per heavy atom. The number of benzene rings is 1. The van der Waals surface area contributed by atoms with Crippen molar-refractivity contribution < 1.29 is 0 Å². The molecule has 2 N–H and O–H groups in total. The monoisotopic (exact) mass is 240 g/mol. The van der Waals surface area contributed by atoms with Crippen LogP contribution in [0.4, 0.5) is 0 Å². The fourth-order valence-electron chi connectivity index (χ4n) is 1.97. The summed E-state index contributed by atoms with van der Waals surface area (Å²) in [6.45, 7) is 0.600. The molecule has 3 aromatic rings. The Kier molecular flexibility index (Phi) is 2.63. The highest BCUT2D eigenvalue weighted by molar-refractivity contribution is 7.10. The first-order valence-corrected chi connectivity index (χ1v) is 6.38. The third-order valence-corrected chi connectivity index (χ3v) is 3.76. The van der Waals surface area contributed by atoms with Crippen molar-refractivity contribution in [2.75, 3.05) is 0 Å². The van der Waals surface area contributed by atoms with Gasteiger partial charge in [0.25, 0.3) is 0 Å². The van der Waals surface area contributed by atoms with E-state index in [1.807, 2.05) is 12.3 Å². The first kappa shape index (κ1) is 10.4. The molecule has 84 valence electrons. The maximum Gasteiger partial charge on any atom is 0.0780 e. The minimum absolute atomic E-state index is 0.600. The van der Waals surface area contributed by atoms with Crippen LogP contribution in [0.25, 0.3) is 22.0 Å². The van der Waals surface area contributed by atoms with Gasteiger partial charge < -0.3 is 5.73 Å². The van der Waals surface area contributed by atoms with Gasteiger partial charge in [-0.1, -0.05) is 24.3 Å². The molecule has 0 saturated heterocycles. The summed E-state index contributed by atoms with van der Waals surface area (Å²) in [5.41, 5.74) is 9.09. The van der Waals surface area contributed by atoms with Gasteiger partial charge in [0.2, 0.25) is 0 Å². The van der Waals surface area contributed by atoms with Crippen molar-refractivity contribution in [3.8, 4) is 11.1 Å². The Balaban J connectivity index is 2.23. The average Bonchev–Trinajstić information content (AvgIpc) is 2.87. The topological polar surface area (TPSA) is 38.9 Å². The number of thiophene rings is 1. The molecule has 2 heterocycles. The quantitative estimate of drug-likeness (QED) is 0.745. The Hall–Kier alpha value is -1.71. The lowest BCUT2D eigenvalue weighted by atomic mass is 10.0. The van der Waals surface area contributed by atoms with Gasteiger partial charge in [-0.15, -0.1) is 11.3 Å². The average molecular weight is 240 g/mol. The summed E-state index contributed by atoms with van der Waals surface area (Å²) in [6, 6.07) is 12.5. The molecule has 0 fully saturated rings. The Bertz CT molecular complexity index is 653. The van der Waals surface area contributed by atoms with Crippen molar-refractivity contribution in [3.05, 3.63) is 52.9 Å². The van der Waals surface area contributed by atoms with E-state index in [2.05, 4.69) is 40.7 Å². The second-order valence-electron chi connectivity index (χ2n) is 3.89. The SMILES string of the molecule is NCc1cc(-c2cccc3cccnc23)cs1. The summed E-state index contributed by atoms with van der Waals surface area (Å²) >= 11 is 1.70. The molecule has 2 nitrogen and oxygen atoms in total. The molecule has 0 saturated carbocycles. The number of fused-ring (bicyclic) bond motifs is 1. The van der Waals surface area contributed by atoms with Gasteiger partial charge in [-0.3, -0.25) is 4.98 Å². The molecule has 0 atom stereocenters. The van der Waals surface area contributed by atoms with Crippen LogP contribution in [0.2, 0.25) is 0 Å². The third kappa shape index (κ3) is 1.84. The van der Waals surface area contributed by atoms with Crippen LogP contribution in [0.1, 0.15) is 4.88 Å². The van der Waals surface area contributed by atoms with E-state index in [9.17, 15) is 0 Å². The summed E-state index contributed by atoms with van der Waals surface area (Å²) in [4.78, 5) is 5.67. The van der Waals surface area contributed by atoms with Crippen molar-refractivity contribution in [1.82, 2.24) is 4.98 Å². The molecular formula is C14H12N2S. The number of aromatic nitrogens is 1. The molecule has 0 aliphatic carbocycles. The highest BCUT2D eigenvalue weighted by Gasteiger charge is 2.06. The van der Waals surface area contributed by atoms with Crippen LogP contribution in [0.15, 0.2) is 48.0 Å². The van der Waals surface area contributed by atoms with Gasteiger partial charge in [0.15, 0.2) is 0 Å².